The third kappa shape index (κ3) is 17.6. The third-order valence-electron chi connectivity index (χ3n) is 19.1. The molecule has 5 heterocycles. The molecule has 8 amide bonds. The van der Waals surface area contributed by atoms with Crippen molar-refractivity contribution < 1.29 is 98.0 Å². The zero-order valence-electron chi connectivity index (χ0n) is 52.8. The summed E-state index contributed by atoms with van der Waals surface area (Å²) in [4.78, 5) is 123. The quantitative estimate of drug-likeness (QED) is 0.0298. The molecule has 13 unspecified atom stereocenters. The number of aliphatic hydroxyl groups excluding tert-OH is 7. The number of aromatic hydroxyl groups is 1. The van der Waals surface area contributed by atoms with Crippen molar-refractivity contribution in [1.82, 2.24) is 41.3 Å². The van der Waals surface area contributed by atoms with Crippen molar-refractivity contribution in [2.75, 3.05) is 68.7 Å². The van der Waals surface area contributed by atoms with E-state index < -0.39 is 183 Å². The molecule has 1 aliphatic carbocycles. The van der Waals surface area contributed by atoms with Gasteiger partial charge in [0.25, 0.3) is 18.2 Å². The van der Waals surface area contributed by atoms with E-state index in [1.807, 2.05) is 0 Å². The number of rotatable bonds is 17. The summed E-state index contributed by atoms with van der Waals surface area (Å²) in [6, 6.07) is 7.05. The van der Waals surface area contributed by atoms with E-state index in [0.717, 1.165) is 92.7 Å². The first-order chi connectivity index (χ1) is 45.4. The minimum atomic E-state index is -2.52. The molecule has 3 aromatic carbocycles. The van der Waals surface area contributed by atoms with Gasteiger partial charge in [0.2, 0.25) is 41.4 Å². The maximum atomic E-state index is 14.7. The molecule has 0 spiro atoms. The molecular formula is C63H87N11O20S. The van der Waals surface area contributed by atoms with Crippen LogP contribution in [0.2, 0.25) is 0 Å². The predicted octanol–water partition coefficient (Wildman–Crippen LogP) is -2.09. The Labute approximate surface area is 552 Å². The Kier molecular flexibility index (Phi) is 24.6. The summed E-state index contributed by atoms with van der Waals surface area (Å²) < 4.78 is 9.23. The molecule has 6 aliphatic rings. The summed E-state index contributed by atoms with van der Waals surface area (Å²) in [6.07, 6.45) is -7.63. The molecule has 95 heavy (non-hydrogen) atoms. The highest BCUT2D eigenvalue weighted by Crippen LogP contribution is 2.36. The van der Waals surface area contributed by atoms with Gasteiger partial charge in [0.15, 0.2) is 11.5 Å². The number of phenols is 1. The maximum Gasteiger partial charge on any atom is 0.261 e. The molecule has 3 aromatic rings. The predicted molar refractivity (Wildman–Crippen MR) is 339 cm³/mol. The number of nitrogens with two attached hydrogens (primary N) is 1. The molecule has 1 saturated carbocycles. The second-order valence-corrected chi connectivity index (χ2v) is 26.0. The van der Waals surface area contributed by atoms with E-state index >= 15 is 0 Å². The Hall–Kier alpha value is -7.47. The van der Waals surface area contributed by atoms with Crippen LogP contribution in [0.4, 0.5) is 11.4 Å². The summed E-state index contributed by atoms with van der Waals surface area (Å²) in [6.45, 7) is 6.11. The SMILES string of the molecule is CC(O)C1NC(=O)[C@@H](NC(=O)c2ccc(N3CCC(N4CCN(c5ccc(C6CCCCC6)cc5)CC4)CC3)cc2)CC(O)CNC(=O)C2C(O)C(C)CN2C(=O)C(C(O)CC(N)=O)NC(=O)C(C(O)C(O)c2ccc(O)c(OSOOO)c2)NC(=O)C2CC(O)CN2C1=O. The number of phenolic OH excluding ortho intramolecular Hbond substituents is 1. The fourth-order valence-corrected chi connectivity index (χ4v) is 14.0. The fourth-order valence-electron chi connectivity index (χ4n) is 13.7. The molecule has 16 N–H and O–H groups in total. The first-order valence-electron chi connectivity index (χ1n) is 32.1. The van der Waals surface area contributed by atoms with E-state index in [0.29, 0.717) is 12.0 Å². The topological polar surface area (TPSA) is 449 Å². The maximum absolute atomic E-state index is 14.7. The highest BCUT2D eigenvalue weighted by molar-refractivity contribution is 7.90. The number of carbonyl (C=O) groups excluding carboxylic acids is 8. The number of hydrogen-bond donors (Lipinski definition) is 15. The van der Waals surface area contributed by atoms with Crippen molar-refractivity contribution in [3.63, 3.8) is 0 Å². The van der Waals surface area contributed by atoms with E-state index in [2.05, 4.69) is 74.9 Å². The average molecular weight is 1350 g/mol. The largest absolute Gasteiger partial charge is 0.504 e. The molecule has 0 bridgehead atoms. The van der Waals surface area contributed by atoms with Gasteiger partial charge in [-0.3, -0.25) is 43.3 Å². The van der Waals surface area contributed by atoms with Crippen molar-refractivity contribution in [3.8, 4) is 11.5 Å². The highest BCUT2D eigenvalue weighted by atomic mass is 32.2. The van der Waals surface area contributed by atoms with Gasteiger partial charge in [0.05, 0.1) is 36.9 Å². The first-order valence-corrected chi connectivity index (χ1v) is 32.8. The number of aliphatic hydroxyl groups is 7. The van der Waals surface area contributed by atoms with Crippen LogP contribution in [-0.4, -0.2) is 246 Å². The summed E-state index contributed by atoms with van der Waals surface area (Å²) in [7, 11) is 0. The van der Waals surface area contributed by atoms with Crippen LogP contribution in [0.5, 0.6) is 11.5 Å². The molecule has 520 valence electrons. The monoisotopic (exact) mass is 1350 g/mol. The lowest BCUT2D eigenvalue weighted by atomic mass is 9.84. The summed E-state index contributed by atoms with van der Waals surface area (Å²) in [5.74, 6) is -11.0. The van der Waals surface area contributed by atoms with Gasteiger partial charge in [-0.05, 0) is 98.2 Å². The number of nitrogens with zero attached hydrogens (tertiary/aromatic N) is 5. The standard InChI is InChI=1S/C63H87N11O20S/c1-33-31-74-53(54(33)81)61(88)65-30-42(76)27-44(66-57(84)37-10-15-39(16-11-37)70-20-18-41(19-21-70)72-24-22-71(23-25-72)40-13-8-36(9-14-40)35-6-4-3-5-7-35)58(85)67-50(34(2)75)62(89)73-32-43(77)28-45(73)59(86)69-52(60(87)68-51(63(74)90)47(79)29-49(64)80)56(83)55(82)38-12-17-46(78)48(26-38)92-95-94-93-91/h8-17,26,33-35,41-45,47,50-56,75-79,81-83,91H,3-7,18-25,27-32H2,1-2H3,(H2,64,80)(H,65,88)(H,66,84)(H,67,85)(H,68,87)(H,69,86)/t33?,34?,42?,43?,44-,45?,47?,50?,51?,52?,53?,54?,55?,56?/m0/s1. The molecular weight excluding hydrogens is 1260 g/mol. The fraction of sp³-hybridized carbons (Fsp3) is 0.587. The lowest BCUT2D eigenvalue weighted by Gasteiger charge is -2.44. The number of fused-ring (bicyclic) bond motifs is 2. The molecule has 0 aromatic heterocycles. The van der Waals surface area contributed by atoms with E-state index in [1.165, 1.54) is 50.3 Å². The molecule has 0 radical (unpaired) electrons. The number of piperazine rings is 1. The number of nitrogens with one attached hydrogen (secondary N) is 5. The van der Waals surface area contributed by atoms with Gasteiger partial charge < -0.3 is 97.0 Å². The van der Waals surface area contributed by atoms with Crippen molar-refractivity contribution >= 4 is 71.0 Å². The number of anilines is 2. The number of piperidine rings is 1. The van der Waals surface area contributed by atoms with Crippen molar-refractivity contribution in [1.29, 1.82) is 0 Å². The minimum Gasteiger partial charge on any atom is -0.504 e. The van der Waals surface area contributed by atoms with E-state index in [9.17, 15) is 79.2 Å². The van der Waals surface area contributed by atoms with Crippen LogP contribution in [0.1, 0.15) is 112 Å². The number of benzene rings is 3. The van der Waals surface area contributed by atoms with Gasteiger partial charge in [-0.1, -0.05) is 53.8 Å². The Bertz CT molecular complexity index is 3170. The number of primary amides is 1. The molecule has 5 aliphatic heterocycles. The second-order valence-electron chi connectivity index (χ2n) is 25.6. The lowest BCUT2D eigenvalue weighted by Crippen LogP contribution is -2.64. The van der Waals surface area contributed by atoms with Gasteiger partial charge in [0.1, 0.15) is 48.5 Å². The highest BCUT2D eigenvalue weighted by Gasteiger charge is 2.50. The van der Waals surface area contributed by atoms with Crippen molar-refractivity contribution in [3.05, 3.63) is 83.4 Å². The molecule has 32 heteroatoms. The number of carbonyl (C=O) groups is 8. The van der Waals surface area contributed by atoms with Crippen LogP contribution >= 0.6 is 12.3 Å². The van der Waals surface area contributed by atoms with Gasteiger partial charge >= 0.3 is 0 Å². The summed E-state index contributed by atoms with van der Waals surface area (Å²) in [5, 5.41) is 114. The van der Waals surface area contributed by atoms with Crippen molar-refractivity contribution in [2.45, 2.75) is 169 Å². The minimum absolute atomic E-state index is 0.0149. The van der Waals surface area contributed by atoms with E-state index in [1.54, 1.807) is 24.3 Å². The molecule has 5 saturated heterocycles. The van der Waals surface area contributed by atoms with Crippen LogP contribution in [-0.2, 0) is 42.9 Å². The molecule has 14 atom stereocenters. The smallest absolute Gasteiger partial charge is 0.261 e. The average Bonchev–Trinajstić information content (AvgIpc) is 1.70. The van der Waals surface area contributed by atoms with Gasteiger partial charge in [0, 0.05) is 101 Å². The Morgan fingerprint density at radius 3 is 1.97 bits per heavy atom. The van der Waals surface area contributed by atoms with Gasteiger partial charge in [-0.25, -0.2) is 5.26 Å². The molecule has 9 rings (SSSR count). The zero-order chi connectivity index (χ0) is 68.4. The summed E-state index contributed by atoms with van der Waals surface area (Å²) in [5.41, 5.74) is 8.71. The van der Waals surface area contributed by atoms with Gasteiger partial charge in [-0.15, -0.1) is 0 Å². The number of hydrogen-bond acceptors (Lipinski definition) is 24. The van der Waals surface area contributed by atoms with Crippen LogP contribution in [0, 0.1) is 5.92 Å². The first kappa shape index (κ1) is 71.8. The third-order valence-corrected chi connectivity index (χ3v) is 19.4. The van der Waals surface area contributed by atoms with Crippen LogP contribution in [0.15, 0.2) is 66.7 Å². The Balaban J connectivity index is 0.931. The normalized spacial score (nSPS) is 28.2. The lowest BCUT2D eigenvalue weighted by molar-refractivity contribution is -0.433. The van der Waals surface area contributed by atoms with Crippen LogP contribution in [0.3, 0.4) is 0 Å². The number of amides is 8. The number of β-amino-alcohol motifs (C(OH)–C–C–N with tert-alkyl or cyclic N) is 1. The van der Waals surface area contributed by atoms with Gasteiger partial charge in [-0.2, -0.15) is 0 Å². The van der Waals surface area contributed by atoms with E-state index in [4.69, 9.17) is 15.2 Å². The zero-order valence-corrected chi connectivity index (χ0v) is 53.6. The van der Waals surface area contributed by atoms with Crippen molar-refractivity contribution in [2.24, 2.45) is 11.7 Å². The molecule has 6 fully saturated rings. The van der Waals surface area contributed by atoms with Crippen LogP contribution < -0.4 is 46.3 Å². The Morgan fingerprint density at radius 1 is 0.705 bits per heavy atom. The Morgan fingerprint density at radius 2 is 1.33 bits per heavy atom. The molecule has 31 nitrogen and oxygen atoms in total. The summed E-state index contributed by atoms with van der Waals surface area (Å²) >= 11 is -0.0149. The van der Waals surface area contributed by atoms with Crippen LogP contribution in [0.25, 0.3) is 0 Å². The second kappa shape index (κ2) is 32.5. The van der Waals surface area contributed by atoms with E-state index in [-0.39, 0.29) is 23.5 Å².